The third kappa shape index (κ3) is 4.18. The average molecular weight is 342 g/mol. The Labute approximate surface area is 139 Å². The van der Waals surface area contributed by atoms with Gasteiger partial charge in [-0.2, -0.15) is 0 Å². The van der Waals surface area contributed by atoms with Crippen molar-refractivity contribution < 1.29 is 19.4 Å². The number of carbonyl (C=O) groups excluding carboxylic acids is 2. The molecule has 2 amide bonds. The molecule has 0 unspecified atom stereocenters. The Bertz CT molecular complexity index is 505. The van der Waals surface area contributed by atoms with Crippen LogP contribution in [0.5, 0.6) is 0 Å². The highest BCUT2D eigenvalue weighted by Gasteiger charge is 2.54. The van der Waals surface area contributed by atoms with Crippen molar-refractivity contribution in [2.24, 2.45) is 11.8 Å². The summed E-state index contributed by atoms with van der Waals surface area (Å²) in [5, 5.41) is 21.2. The molecule has 0 radical (unpaired) electrons. The van der Waals surface area contributed by atoms with Gasteiger partial charge in [0, 0.05) is 49.9 Å². The van der Waals surface area contributed by atoms with Crippen molar-refractivity contribution in [1.82, 2.24) is 9.80 Å². The third-order valence-corrected chi connectivity index (χ3v) is 4.68. The van der Waals surface area contributed by atoms with E-state index < -0.39 is 33.8 Å². The molecule has 0 aromatic heterocycles. The van der Waals surface area contributed by atoms with E-state index >= 15 is 0 Å². The molecule has 2 fully saturated rings. The normalized spacial score (nSPS) is 27.2. The molecule has 2 saturated carbocycles. The molecule has 0 spiro atoms. The lowest BCUT2D eigenvalue weighted by atomic mass is 10.2. The van der Waals surface area contributed by atoms with Crippen LogP contribution in [0.3, 0.4) is 0 Å². The molecule has 10 nitrogen and oxygen atoms in total. The first-order chi connectivity index (χ1) is 11.2. The van der Waals surface area contributed by atoms with Crippen molar-refractivity contribution in [3.8, 4) is 0 Å². The Morgan fingerprint density at radius 2 is 1.21 bits per heavy atom. The number of hydrogen-bond donors (Lipinski definition) is 0. The molecule has 2 aliphatic carbocycles. The van der Waals surface area contributed by atoms with Gasteiger partial charge < -0.3 is 9.80 Å². The summed E-state index contributed by atoms with van der Waals surface area (Å²) in [6, 6.07) is -1.48. The van der Waals surface area contributed by atoms with Crippen molar-refractivity contribution in [3.63, 3.8) is 0 Å². The molecule has 24 heavy (non-hydrogen) atoms. The predicted molar refractivity (Wildman–Crippen MR) is 82.3 cm³/mol. The van der Waals surface area contributed by atoms with Crippen LogP contribution < -0.4 is 0 Å². The second-order valence-electron chi connectivity index (χ2n) is 6.62. The fourth-order valence-corrected chi connectivity index (χ4v) is 2.84. The molecule has 0 N–H and O–H groups in total. The van der Waals surface area contributed by atoms with E-state index in [9.17, 15) is 29.8 Å². The molecule has 0 heterocycles. The van der Waals surface area contributed by atoms with E-state index in [-0.39, 0.29) is 11.8 Å². The number of hydrogen-bond acceptors (Lipinski definition) is 6. The smallest absolute Gasteiger partial charge is 0.232 e. The molecule has 0 saturated heterocycles. The standard InChI is InChI=1S/C14H22N4O6/c1-15(13(19)9-7-11(9)17(21)22)5-3-4-6-16(2)14(20)10-8-12(10)18(23)24/h9-12H,3-8H2,1-2H3/t9-,10-,11+,12+/m1/s1. The molecule has 4 atom stereocenters. The molecular weight excluding hydrogens is 320 g/mol. The van der Waals surface area contributed by atoms with E-state index in [1.165, 1.54) is 9.80 Å². The van der Waals surface area contributed by atoms with Crippen LogP contribution in [-0.2, 0) is 9.59 Å². The molecule has 134 valence electrons. The van der Waals surface area contributed by atoms with Crippen LogP contribution >= 0.6 is 0 Å². The quantitative estimate of drug-likeness (QED) is 0.330. The summed E-state index contributed by atoms with van der Waals surface area (Å²) in [4.78, 5) is 47.2. The topological polar surface area (TPSA) is 127 Å². The van der Waals surface area contributed by atoms with Gasteiger partial charge >= 0.3 is 0 Å². The Morgan fingerprint density at radius 3 is 1.46 bits per heavy atom. The van der Waals surface area contributed by atoms with E-state index in [0.717, 1.165) is 0 Å². The summed E-state index contributed by atoms with van der Waals surface area (Å²) in [6.07, 6.45) is 1.96. The van der Waals surface area contributed by atoms with Gasteiger partial charge in [0.15, 0.2) is 0 Å². The van der Waals surface area contributed by atoms with E-state index in [1.54, 1.807) is 14.1 Å². The van der Waals surface area contributed by atoms with Crippen LogP contribution in [0.1, 0.15) is 25.7 Å². The van der Waals surface area contributed by atoms with Gasteiger partial charge in [-0.15, -0.1) is 0 Å². The summed E-state index contributed by atoms with van der Waals surface area (Å²) >= 11 is 0. The number of nitro groups is 2. The second-order valence-corrected chi connectivity index (χ2v) is 6.62. The number of carbonyl (C=O) groups is 2. The summed E-state index contributed by atoms with van der Waals surface area (Å²) in [6.45, 7) is 0.950. The van der Waals surface area contributed by atoms with Gasteiger partial charge in [0.25, 0.3) is 0 Å². The van der Waals surface area contributed by atoms with Gasteiger partial charge in [-0.05, 0) is 12.8 Å². The van der Waals surface area contributed by atoms with Gasteiger partial charge in [-0.25, -0.2) is 0 Å². The van der Waals surface area contributed by atoms with Crippen LogP contribution in [-0.4, -0.2) is 70.7 Å². The Morgan fingerprint density at radius 1 is 0.875 bits per heavy atom. The van der Waals surface area contributed by atoms with Gasteiger partial charge in [-0.3, -0.25) is 29.8 Å². The molecular formula is C14H22N4O6. The van der Waals surface area contributed by atoms with E-state index in [1.807, 2.05) is 0 Å². The number of unbranched alkanes of at least 4 members (excludes halogenated alkanes) is 1. The number of nitrogens with zero attached hydrogens (tertiary/aromatic N) is 4. The highest BCUT2D eigenvalue weighted by atomic mass is 16.6. The Kier molecular flexibility index (Phi) is 5.35. The Balaban J connectivity index is 1.61. The largest absolute Gasteiger partial charge is 0.345 e. The molecule has 10 heteroatoms. The zero-order chi connectivity index (χ0) is 18.0. The maximum Gasteiger partial charge on any atom is 0.232 e. The third-order valence-electron chi connectivity index (χ3n) is 4.68. The zero-order valence-corrected chi connectivity index (χ0v) is 13.8. The maximum absolute atomic E-state index is 11.9. The van der Waals surface area contributed by atoms with Crippen molar-refractivity contribution in [2.45, 2.75) is 37.8 Å². The minimum Gasteiger partial charge on any atom is -0.345 e. The van der Waals surface area contributed by atoms with Crippen LogP contribution in [0, 0.1) is 32.1 Å². The van der Waals surface area contributed by atoms with Gasteiger partial charge in [-0.1, -0.05) is 0 Å². The van der Waals surface area contributed by atoms with Gasteiger partial charge in [0.1, 0.15) is 11.8 Å². The summed E-state index contributed by atoms with van der Waals surface area (Å²) in [5.41, 5.74) is 0. The fourth-order valence-electron chi connectivity index (χ4n) is 2.84. The number of rotatable bonds is 9. The zero-order valence-electron chi connectivity index (χ0n) is 13.8. The lowest BCUT2D eigenvalue weighted by Gasteiger charge is -2.19. The van der Waals surface area contributed by atoms with Crippen molar-refractivity contribution in [1.29, 1.82) is 0 Å². The van der Waals surface area contributed by atoms with Crippen LogP contribution in [0.25, 0.3) is 0 Å². The van der Waals surface area contributed by atoms with E-state index in [2.05, 4.69) is 0 Å². The van der Waals surface area contributed by atoms with Gasteiger partial charge in [0.2, 0.25) is 23.9 Å². The summed E-state index contributed by atoms with van der Waals surface area (Å²) < 4.78 is 0. The van der Waals surface area contributed by atoms with Crippen LogP contribution in [0.4, 0.5) is 0 Å². The minimum atomic E-state index is -0.739. The fraction of sp³-hybridized carbons (Fsp3) is 0.857. The minimum absolute atomic E-state index is 0.201. The SMILES string of the molecule is CN(CCCCN(C)C(=O)[C@@H]1C[C@@H]1[N+](=O)[O-])C(=O)[C@@H]1C[C@@H]1[N+](=O)[O-]. The number of amides is 2. The Hall–Kier alpha value is -2.26. The first-order valence-corrected chi connectivity index (χ1v) is 8.01. The lowest BCUT2D eigenvalue weighted by molar-refractivity contribution is -0.497. The van der Waals surface area contributed by atoms with Crippen molar-refractivity contribution in [2.75, 3.05) is 27.2 Å². The first-order valence-electron chi connectivity index (χ1n) is 8.01. The summed E-state index contributed by atoms with van der Waals surface area (Å²) in [5.74, 6) is -1.40. The van der Waals surface area contributed by atoms with Crippen molar-refractivity contribution >= 4 is 11.8 Å². The maximum atomic E-state index is 11.9. The predicted octanol–water partition coefficient (Wildman–Crippen LogP) is 0.0138. The first kappa shape index (κ1) is 18.1. The van der Waals surface area contributed by atoms with E-state index in [4.69, 9.17) is 0 Å². The van der Waals surface area contributed by atoms with Gasteiger partial charge in [0.05, 0.1) is 0 Å². The van der Waals surface area contributed by atoms with Crippen molar-refractivity contribution in [3.05, 3.63) is 20.2 Å². The molecule has 2 rings (SSSR count). The van der Waals surface area contributed by atoms with Crippen LogP contribution in [0.15, 0.2) is 0 Å². The average Bonchev–Trinajstić information content (AvgIpc) is 3.40. The second kappa shape index (κ2) is 7.10. The summed E-state index contributed by atoms with van der Waals surface area (Å²) in [7, 11) is 3.25. The molecule has 0 bridgehead atoms. The van der Waals surface area contributed by atoms with Crippen LogP contribution in [0.2, 0.25) is 0 Å². The van der Waals surface area contributed by atoms with E-state index in [0.29, 0.717) is 38.8 Å². The molecule has 0 aromatic carbocycles. The molecule has 2 aliphatic rings. The highest BCUT2D eigenvalue weighted by Crippen LogP contribution is 2.35. The highest BCUT2D eigenvalue weighted by molar-refractivity contribution is 5.82. The monoisotopic (exact) mass is 342 g/mol. The molecule has 0 aromatic rings. The lowest BCUT2D eigenvalue weighted by Crippen LogP contribution is -2.33. The molecule has 0 aliphatic heterocycles.